The van der Waals surface area contributed by atoms with Gasteiger partial charge in [0.25, 0.3) is 0 Å². The van der Waals surface area contributed by atoms with Crippen LogP contribution >= 0.6 is 0 Å². The number of ether oxygens (including phenoxy) is 1. The summed E-state index contributed by atoms with van der Waals surface area (Å²) in [5.74, 6) is -0.108. The number of benzene rings is 1. The molecule has 0 aliphatic carbocycles. The molecule has 4 heteroatoms. The molecule has 3 nitrogen and oxygen atoms in total. The Morgan fingerprint density at radius 3 is 2.89 bits per heavy atom. The average molecular weight is 267 g/mol. The molecule has 1 aliphatic rings. The van der Waals surface area contributed by atoms with E-state index >= 15 is 0 Å². The quantitative estimate of drug-likeness (QED) is 0.911. The Labute approximate surface area is 114 Å². The van der Waals surface area contributed by atoms with Crippen molar-refractivity contribution in [2.24, 2.45) is 0 Å². The molecule has 0 bridgehead atoms. The summed E-state index contributed by atoms with van der Waals surface area (Å²) in [7, 11) is 3.51. The number of halogens is 1. The van der Waals surface area contributed by atoms with Crippen LogP contribution in [0.25, 0.3) is 0 Å². The molecule has 0 saturated carbocycles. The van der Waals surface area contributed by atoms with Crippen LogP contribution in [0, 0.1) is 5.82 Å². The Balaban J connectivity index is 2.15. The van der Waals surface area contributed by atoms with E-state index in [9.17, 15) is 9.50 Å². The Hall–Kier alpha value is -1.13. The molecule has 1 saturated heterocycles. The molecule has 0 spiro atoms. The largest absolute Gasteiger partial charge is 0.494 e. The van der Waals surface area contributed by atoms with Crippen LogP contribution in [-0.2, 0) is 6.42 Å². The fraction of sp³-hybridized carbons (Fsp3) is 0.600. The molecule has 1 fully saturated rings. The van der Waals surface area contributed by atoms with Crippen molar-refractivity contribution in [3.63, 3.8) is 0 Å². The minimum absolute atomic E-state index is 0.242. The summed E-state index contributed by atoms with van der Waals surface area (Å²) in [6.07, 6.45) is 2.69. The van der Waals surface area contributed by atoms with Crippen molar-refractivity contribution in [1.82, 2.24) is 4.90 Å². The van der Waals surface area contributed by atoms with Gasteiger partial charge in [0.2, 0.25) is 0 Å². The third-order valence-electron chi connectivity index (χ3n) is 3.92. The summed E-state index contributed by atoms with van der Waals surface area (Å²) in [5, 5.41) is 10.7. The van der Waals surface area contributed by atoms with Gasteiger partial charge in [0.15, 0.2) is 11.6 Å². The predicted octanol–water partition coefficient (Wildman–Crippen LogP) is 2.22. The summed E-state index contributed by atoms with van der Waals surface area (Å²) < 4.78 is 19.1. The fourth-order valence-corrected chi connectivity index (χ4v) is 2.70. The van der Waals surface area contributed by atoms with Crippen molar-refractivity contribution in [1.29, 1.82) is 0 Å². The van der Waals surface area contributed by atoms with Crippen LogP contribution in [0.4, 0.5) is 4.39 Å². The molecule has 1 heterocycles. The zero-order valence-corrected chi connectivity index (χ0v) is 11.7. The van der Waals surface area contributed by atoms with Gasteiger partial charge in [-0.15, -0.1) is 0 Å². The summed E-state index contributed by atoms with van der Waals surface area (Å²) in [6, 6.07) is 5.09. The molecule has 0 aromatic heterocycles. The van der Waals surface area contributed by atoms with Gasteiger partial charge in [-0.1, -0.05) is 12.1 Å². The first-order valence-electron chi connectivity index (χ1n) is 6.76. The van der Waals surface area contributed by atoms with Gasteiger partial charge in [0.05, 0.1) is 12.7 Å². The highest BCUT2D eigenvalue weighted by Gasteiger charge is 2.30. The van der Waals surface area contributed by atoms with Gasteiger partial charge in [0.1, 0.15) is 0 Å². The molecule has 19 heavy (non-hydrogen) atoms. The highest BCUT2D eigenvalue weighted by molar-refractivity contribution is 5.32. The number of hydrogen-bond donors (Lipinski definition) is 1. The van der Waals surface area contributed by atoms with Crippen molar-refractivity contribution in [2.45, 2.75) is 31.3 Å². The lowest BCUT2D eigenvalue weighted by molar-refractivity contribution is 0.0254. The predicted molar refractivity (Wildman–Crippen MR) is 73.0 cm³/mol. The van der Waals surface area contributed by atoms with Crippen LogP contribution in [0.1, 0.15) is 24.8 Å². The van der Waals surface area contributed by atoms with E-state index in [4.69, 9.17) is 4.74 Å². The van der Waals surface area contributed by atoms with E-state index in [1.807, 2.05) is 0 Å². The van der Waals surface area contributed by atoms with E-state index in [0.717, 1.165) is 19.5 Å². The third kappa shape index (κ3) is 3.45. The van der Waals surface area contributed by atoms with Crippen molar-refractivity contribution >= 4 is 0 Å². The van der Waals surface area contributed by atoms with Crippen molar-refractivity contribution in [3.8, 4) is 5.75 Å². The zero-order valence-electron chi connectivity index (χ0n) is 11.7. The van der Waals surface area contributed by atoms with Crippen LogP contribution in [0.5, 0.6) is 5.75 Å². The third-order valence-corrected chi connectivity index (χ3v) is 3.92. The monoisotopic (exact) mass is 267 g/mol. The number of nitrogens with zero attached hydrogens (tertiary/aromatic N) is 1. The molecule has 1 unspecified atom stereocenters. The molecule has 1 N–H and O–H groups in total. The van der Waals surface area contributed by atoms with Gasteiger partial charge in [-0.25, -0.2) is 4.39 Å². The first-order chi connectivity index (χ1) is 9.04. The molecule has 0 radical (unpaired) electrons. The smallest absolute Gasteiger partial charge is 0.168 e. The fourth-order valence-electron chi connectivity index (χ4n) is 2.70. The lowest BCUT2D eigenvalue weighted by atomic mass is 9.87. The molecule has 1 aromatic rings. The van der Waals surface area contributed by atoms with E-state index in [1.165, 1.54) is 7.11 Å². The summed E-state index contributed by atoms with van der Waals surface area (Å²) >= 11 is 0. The van der Waals surface area contributed by atoms with Crippen molar-refractivity contribution in [3.05, 3.63) is 29.6 Å². The van der Waals surface area contributed by atoms with Gasteiger partial charge < -0.3 is 14.7 Å². The topological polar surface area (TPSA) is 32.7 Å². The molecule has 0 amide bonds. The van der Waals surface area contributed by atoms with E-state index < -0.39 is 5.60 Å². The Bertz CT molecular complexity index is 438. The number of hydrogen-bond acceptors (Lipinski definition) is 3. The zero-order chi connectivity index (χ0) is 13.9. The summed E-state index contributed by atoms with van der Waals surface area (Å²) in [4.78, 5) is 2.21. The highest BCUT2D eigenvalue weighted by Crippen LogP contribution is 2.29. The lowest BCUT2D eigenvalue weighted by Crippen LogP contribution is -2.33. The normalized spacial score (nSPS) is 25.1. The van der Waals surface area contributed by atoms with Crippen molar-refractivity contribution < 1.29 is 14.2 Å². The summed E-state index contributed by atoms with van der Waals surface area (Å²) in [5.41, 5.74) is -0.274. The second-order valence-corrected chi connectivity index (χ2v) is 5.49. The maximum Gasteiger partial charge on any atom is 0.168 e. The Kier molecular flexibility index (Phi) is 4.42. The highest BCUT2D eigenvalue weighted by atomic mass is 19.1. The Morgan fingerprint density at radius 2 is 2.16 bits per heavy atom. The maximum atomic E-state index is 14.1. The molecular formula is C15H22FNO2. The second kappa shape index (κ2) is 5.88. The number of likely N-dealkylation sites (tertiary alicyclic amines) is 1. The van der Waals surface area contributed by atoms with Crippen LogP contribution in [0.15, 0.2) is 18.2 Å². The maximum absolute atomic E-state index is 14.1. The number of aliphatic hydroxyl groups is 1. The van der Waals surface area contributed by atoms with Gasteiger partial charge in [-0.3, -0.25) is 0 Å². The average Bonchev–Trinajstić information content (AvgIpc) is 2.55. The van der Waals surface area contributed by atoms with Crippen LogP contribution in [0.3, 0.4) is 0 Å². The van der Waals surface area contributed by atoms with Crippen LogP contribution in [-0.4, -0.2) is 42.9 Å². The summed E-state index contributed by atoms with van der Waals surface area (Å²) in [6.45, 7) is 1.84. The number of methoxy groups -OCH3 is 1. The molecule has 2 rings (SSSR count). The lowest BCUT2D eigenvalue weighted by Gasteiger charge is -2.27. The van der Waals surface area contributed by atoms with Crippen LogP contribution in [0.2, 0.25) is 0 Å². The van der Waals surface area contributed by atoms with E-state index in [1.54, 1.807) is 18.2 Å². The minimum Gasteiger partial charge on any atom is -0.494 e. The second-order valence-electron chi connectivity index (χ2n) is 5.49. The minimum atomic E-state index is -0.808. The first-order valence-corrected chi connectivity index (χ1v) is 6.76. The van der Waals surface area contributed by atoms with Gasteiger partial charge >= 0.3 is 0 Å². The SMILES string of the molecule is COc1cccc(CC2(O)CCCN(C)CC2)c1F. The molecule has 1 aromatic carbocycles. The van der Waals surface area contributed by atoms with Gasteiger partial charge in [-0.05, 0) is 44.5 Å². The van der Waals surface area contributed by atoms with Gasteiger partial charge in [-0.2, -0.15) is 0 Å². The number of rotatable bonds is 3. The van der Waals surface area contributed by atoms with Gasteiger partial charge in [0, 0.05) is 13.0 Å². The Morgan fingerprint density at radius 1 is 1.37 bits per heavy atom. The van der Waals surface area contributed by atoms with Crippen molar-refractivity contribution in [2.75, 3.05) is 27.2 Å². The first kappa shape index (κ1) is 14.3. The standard InChI is InChI=1S/C15H22FNO2/c1-17-9-4-7-15(18,8-10-17)11-12-5-3-6-13(19-2)14(12)16/h3,5-6,18H,4,7-11H2,1-2H3. The molecule has 1 atom stereocenters. The van der Waals surface area contributed by atoms with E-state index in [-0.39, 0.29) is 11.6 Å². The molecular weight excluding hydrogens is 245 g/mol. The van der Waals surface area contributed by atoms with E-state index in [0.29, 0.717) is 24.8 Å². The van der Waals surface area contributed by atoms with E-state index in [2.05, 4.69) is 11.9 Å². The molecule has 1 aliphatic heterocycles. The van der Waals surface area contributed by atoms with Crippen LogP contribution < -0.4 is 4.74 Å². The molecule has 106 valence electrons.